The fourth-order valence-electron chi connectivity index (χ4n) is 2.24. The summed E-state index contributed by atoms with van der Waals surface area (Å²) in [6, 6.07) is 11.0. The number of nitrogens with zero attached hydrogens (tertiary/aromatic N) is 3. The van der Waals surface area contributed by atoms with Gasteiger partial charge in [0.1, 0.15) is 0 Å². The molecule has 7 nitrogen and oxygen atoms in total. The van der Waals surface area contributed by atoms with Crippen molar-refractivity contribution >= 4 is 23.4 Å². The van der Waals surface area contributed by atoms with E-state index in [1.807, 2.05) is 43.3 Å². The van der Waals surface area contributed by atoms with Crippen LogP contribution in [-0.2, 0) is 0 Å². The summed E-state index contributed by atoms with van der Waals surface area (Å²) in [6.45, 7) is 1.97. The van der Waals surface area contributed by atoms with Gasteiger partial charge in [-0.05, 0) is 42.8 Å². The second kappa shape index (κ2) is 7.39. The highest BCUT2D eigenvalue weighted by atomic mass is 16.2. The first-order chi connectivity index (χ1) is 12.2. The number of carbonyl (C=O) groups excluding carboxylic acids is 1. The summed E-state index contributed by atoms with van der Waals surface area (Å²) in [5.74, 6) is 0.474. The van der Waals surface area contributed by atoms with Gasteiger partial charge < -0.3 is 16.0 Å². The Morgan fingerprint density at radius 2 is 2.00 bits per heavy atom. The van der Waals surface area contributed by atoms with Crippen molar-refractivity contribution in [2.24, 2.45) is 0 Å². The third-order valence-corrected chi connectivity index (χ3v) is 3.58. The van der Waals surface area contributed by atoms with Gasteiger partial charge >= 0.3 is 6.03 Å². The number of benzene rings is 1. The molecule has 3 aromatic rings. The maximum Gasteiger partial charge on any atom is 0.318 e. The summed E-state index contributed by atoms with van der Waals surface area (Å²) in [5, 5.41) is 8.46. The molecule has 7 heteroatoms. The number of rotatable bonds is 4. The van der Waals surface area contributed by atoms with Crippen LogP contribution in [0, 0.1) is 6.92 Å². The first kappa shape index (κ1) is 16.4. The van der Waals surface area contributed by atoms with Crippen LogP contribution < -0.4 is 16.0 Å². The molecule has 126 valence electrons. The van der Waals surface area contributed by atoms with E-state index in [-0.39, 0.29) is 6.03 Å². The van der Waals surface area contributed by atoms with Crippen LogP contribution in [0.4, 0.5) is 22.1 Å². The monoisotopic (exact) mass is 334 g/mol. The summed E-state index contributed by atoms with van der Waals surface area (Å²) in [6.07, 6.45) is 5.17. The van der Waals surface area contributed by atoms with Crippen LogP contribution in [0.5, 0.6) is 0 Å². The Morgan fingerprint density at radius 3 is 2.76 bits per heavy atom. The van der Waals surface area contributed by atoms with Gasteiger partial charge in [-0.25, -0.2) is 14.8 Å². The quantitative estimate of drug-likeness (QED) is 0.680. The molecule has 2 amide bonds. The lowest BCUT2D eigenvalue weighted by molar-refractivity contribution is 0.254. The van der Waals surface area contributed by atoms with Crippen molar-refractivity contribution in [3.05, 3.63) is 60.6 Å². The van der Waals surface area contributed by atoms with Gasteiger partial charge in [0.25, 0.3) is 0 Å². The Balaban J connectivity index is 1.85. The topological polar surface area (TPSA) is 91.8 Å². The van der Waals surface area contributed by atoms with Crippen molar-refractivity contribution in [3.63, 3.8) is 0 Å². The Labute approximate surface area is 145 Å². The molecular weight excluding hydrogens is 316 g/mol. The van der Waals surface area contributed by atoms with Crippen LogP contribution in [0.15, 0.2) is 55.0 Å². The van der Waals surface area contributed by atoms with Crippen LogP contribution >= 0.6 is 0 Å². The number of aromatic nitrogens is 3. The van der Waals surface area contributed by atoms with E-state index >= 15 is 0 Å². The van der Waals surface area contributed by atoms with Gasteiger partial charge in [0, 0.05) is 42.6 Å². The molecule has 0 aliphatic rings. The van der Waals surface area contributed by atoms with Gasteiger partial charge in [0.2, 0.25) is 5.95 Å². The number of nitrogens with one attached hydrogen (secondary N) is 3. The van der Waals surface area contributed by atoms with Crippen LogP contribution in [0.25, 0.3) is 11.3 Å². The van der Waals surface area contributed by atoms with E-state index in [4.69, 9.17) is 0 Å². The van der Waals surface area contributed by atoms with Crippen molar-refractivity contribution in [2.45, 2.75) is 6.92 Å². The number of hydrogen-bond donors (Lipinski definition) is 3. The number of aryl methyl sites for hydroxylation is 1. The van der Waals surface area contributed by atoms with Crippen LogP contribution in [0.1, 0.15) is 5.56 Å². The summed E-state index contributed by atoms with van der Waals surface area (Å²) in [4.78, 5) is 24.4. The van der Waals surface area contributed by atoms with E-state index in [1.165, 1.54) is 0 Å². The molecule has 0 saturated heterocycles. The Kier molecular flexibility index (Phi) is 4.84. The minimum absolute atomic E-state index is 0.273. The SMILES string of the molecule is CNC(=O)Nc1ccc(C)c(Nc2nccc(-c3cccnc3)n2)c1. The van der Waals surface area contributed by atoms with Crippen LogP contribution in [-0.4, -0.2) is 28.0 Å². The van der Waals surface area contributed by atoms with E-state index in [0.29, 0.717) is 11.6 Å². The zero-order valence-corrected chi connectivity index (χ0v) is 13.9. The Morgan fingerprint density at radius 1 is 1.12 bits per heavy atom. The van der Waals surface area contributed by atoms with Crippen molar-refractivity contribution < 1.29 is 4.79 Å². The lowest BCUT2D eigenvalue weighted by Gasteiger charge is -2.12. The fraction of sp³-hybridized carbons (Fsp3) is 0.111. The zero-order valence-electron chi connectivity index (χ0n) is 13.9. The van der Waals surface area contributed by atoms with Crippen molar-refractivity contribution in [3.8, 4) is 11.3 Å². The molecule has 0 aliphatic heterocycles. The molecule has 0 aliphatic carbocycles. The van der Waals surface area contributed by atoms with Gasteiger partial charge in [0.05, 0.1) is 5.69 Å². The molecule has 0 spiro atoms. The molecular formula is C18H18N6O. The van der Waals surface area contributed by atoms with Crippen LogP contribution in [0.3, 0.4) is 0 Å². The smallest absolute Gasteiger partial charge is 0.318 e. The maximum absolute atomic E-state index is 11.5. The molecule has 2 aromatic heterocycles. The van der Waals surface area contributed by atoms with E-state index < -0.39 is 0 Å². The molecule has 3 N–H and O–H groups in total. The maximum atomic E-state index is 11.5. The third kappa shape index (κ3) is 4.08. The summed E-state index contributed by atoms with van der Waals surface area (Å²) in [7, 11) is 1.57. The normalized spacial score (nSPS) is 10.2. The first-order valence-corrected chi connectivity index (χ1v) is 7.75. The highest BCUT2D eigenvalue weighted by Crippen LogP contribution is 2.24. The van der Waals surface area contributed by atoms with Crippen molar-refractivity contribution in [1.82, 2.24) is 20.3 Å². The van der Waals surface area contributed by atoms with E-state index in [9.17, 15) is 4.79 Å². The summed E-state index contributed by atoms with van der Waals surface area (Å²) >= 11 is 0. The Bertz CT molecular complexity index is 882. The van der Waals surface area contributed by atoms with Gasteiger partial charge in [-0.15, -0.1) is 0 Å². The fourth-order valence-corrected chi connectivity index (χ4v) is 2.24. The van der Waals surface area contributed by atoms with Crippen LogP contribution in [0.2, 0.25) is 0 Å². The molecule has 0 atom stereocenters. The predicted octanol–water partition coefficient (Wildman–Crippen LogP) is 3.34. The number of pyridine rings is 1. The Hall–Kier alpha value is -3.48. The minimum atomic E-state index is -0.273. The van der Waals surface area contributed by atoms with E-state index in [2.05, 4.69) is 30.9 Å². The predicted molar refractivity (Wildman–Crippen MR) is 97.8 cm³/mol. The number of carbonyl (C=O) groups is 1. The summed E-state index contributed by atoms with van der Waals surface area (Å²) in [5.41, 5.74) is 4.20. The average molecular weight is 334 g/mol. The van der Waals surface area contributed by atoms with Gasteiger partial charge in [-0.2, -0.15) is 0 Å². The molecule has 0 unspecified atom stereocenters. The lowest BCUT2D eigenvalue weighted by atomic mass is 10.2. The van der Waals surface area contributed by atoms with Crippen molar-refractivity contribution in [1.29, 1.82) is 0 Å². The lowest BCUT2D eigenvalue weighted by Crippen LogP contribution is -2.24. The zero-order chi connectivity index (χ0) is 17.6. The minimum Gasteiger partial charge on any atom is -0.341 e. The molecule has 1 aromatic carbocycles. The highest BCUT2D eigenvalue weighted by Gasteiger charge is 2.07. The van der Waals surface area contributed by atoms with Gasteiger partial charge in [0.15, 0.2) is 0 Å². The van der Waals surface area contributed by atoms with Gasteiger partial charge in [-0.1, -0.05) is 6.07 Å². The highest BCUT2D eigenvalue weighted by molar-refractivity contribution is 5.89. The van der Waals surface area contributed by atoms with E-state index in [1.54, 1.807) is 25.6 Å². The number of anilines is 3. The summed E-state index contributed by atoms with van der Waals surface area (Å²) < 4.78 is 0. The number of amides is 2. The molecule has 0 saturated carbocycles. The van der Waals surface area contributed by atoms with Crippen molar-refractivity contribution in [2.75, 3.05) is 17.7 Å². The molecule has 25 heavy (non-hydrogen) atoms. The molecule has 3 rings (SSSR count). The largest absolute Gasteiger partial charge is 0.341 e. The second-order valence-electron chi connectivity index (χ2n) is 5.37. The molecule has 2 heterocycles. The first-order valence-electron chi connectivity index (χ1n) is 7.75. The average Bonchev–Trinajstić information content (AvgIpc) is 2.65. The number of hydrogen-bond acceptors (Lipinski definition) is 5. The van der Waals surface area contributed by atoms with Gasteiger partial charge in [-0.3, -0.25) is 4.98 Å². The van der Waals surface area contributed by atoms with E-state index in [0.717, 1.165) is 22.5 Å². The third-order valence-electron chi connectivity index (χ3n) is 3.58. The molecule has 0 fully saturated rings. The molecule has 0 bridgehead atoms. The molecule has 0 radical (unpaired) electrons. The number of urea groups is 1. The standard InChI is InChI=1S/C18H18N6O/c1-12-5-6-14(22-18(25)19-2)10-16(12)24-17-21-9-7-15(23-17)13-4-3-8-20-11-13/h3-11H,1-2H3,(H2,19,22,25)(H,21,23,24). The second-order valence-corrected chi connectivity index (χ2v) is 5.37.